The van der Waals surface area contributed by atoms with E-state index in [-0.39, 0.29) is 0 Å². The second-order valence-corrected chi connectivity index (χ2v) is 3.85. The van der Waals surface area contributed by atoms with Crippen molar-refractivity contribution < 1.29 is 0 Å². The normalized spacial score (nSPS) is 12.5. The average Bonchev–Trinajstić information content (AvgIpc) is 2.10. The number of hydrogen-bond acceptors (Lipinski definition) is 0. The summed E-state index contributed by atoms with van der Waals surface area (Å²) in [5.74, 6) is 0.378. The molecular weight excluding hydrogens is 203 g/mol. The average molecular weight is 215 g/mol. The van der Waals surface area contributed by atoms with Gasteiger partial charge in [-0.25, -0.2) is 0 Å². The van der Waals surface area contributed by atoms with Crippen molar-refractivity contribution in [2.75, 3.05) is 0 Å². The van der Waals surface area contributed by atoms with E-state index in [2.05, 4.69) is 13.5 Å². The highest BCUT2D eigenvalue weighted by molar-refractivity contribution is 6.42. The fourth-order valence-corrected chi connectivity index (χ4v) is 1.77. The minimum atomic E-state index is 0.378. The van der Waals surface area contributed by atoms with Crippen molar-refractivity contribution in [1.29, 1.82) is 0 Å². The topological polar surface area (TPSA) is 0 Å². The maximum absolute atomic E-state index is 6.06. The summed E-state index contributed by atoms with van der Waals surface area (Å²) in [7, 11) is 0. The van der Waals surface area contributed by atoms with Crippen LogP contribution in [0.4, 0.5) is 0 Å². The molecule has 1 atom stereocenters. The van der Waals surface area contributed by atoms with E-state index in [1.807, 2.05) is 18.2 Å². The summed E-state index contributed by atoms with van der Waals surface area (Å²) in [6.45, 7) is 5.81. The molecule has 0 fully saturated rings. The lowest BCUT2D eigenvalue weighted by Gasteiger charge is -2.11. The highest BCUT2D eigenvalue weighted by Crippen LogP contribution is 2.32. The molecule has 0 aliphatic carbocycles. The Kier molecular flexibility index (Phi) is 3.83. The van der Waals surface area contributed by atoms with Crippen LogP contribution in [0.5, 0.6) is 0 Å². The predicted molar refractivity (Wildman–Crippen MR) is 59.7 cm³/mol. The highest BCUT2D eigenvalue weighted by Gasteiger charge is 2.09. The van der Waals surface area contributed by atoms with Crippen LogP contribution < -0.4 is 0 Å². The van der Waals surface area contributed by atoms with Crippen molar-refractivity contribution in [2.24, 2.45) is 0 Å². The van der Waals surface area contributed by atoms with Gasteiger partial charge in [0.2, 0.25) is 0 Å². The molecule has 0 aliphatic rings. The minimum absolute atomic E-state index is 0.378. The molecular formula is C11H12Cl2. The third-order valence-electron chi connectivity index (χ3n) is 2.03. The Labute approximate surface area is 89.2 Å². The second-order valence-electron chi connectivity index (χ2n) is 3.07. The van der Waals surface area contributed by atoms with Crippen LogP contribution in [0.3, 0.4) is 0 Å². The first-order valence-corrected chi connectivity index (χ1v) is 4.97. The minimum Gasteiger partial charge on any atom is -0.103 e. The summed E-state index contributed by atoms with van der Waals surface area (Å²) in [5, 5.41) is 1.29. The maximum Gasteiger partial charge on any atom is 0.0627 e. The van der Waals surface area contributed by atoms with E-state index in [1.54, 1.807) is 6.07 Å². The SMILES string of the molecule is C=CCC(C)c1cccc(Cl)c1Cl. The third kappa shape index (κ3) is 2.49. The first-order chi connectivity index (χ1) is 6.16. The number of hydrogen-bond donors (Lipinski definition) is 0. The lowest BCUT2D eigenvalue weighted by Crippen LogP contribution is -1.92. The summed E-state index contributed by atoms with van der Waals surface area (Å²) in [4.78, 5) is 0. The van der Waals surface area contributed by atoms with Crippen molar-refractivity contribution in [2.45, 2.75) is 19.3 Å². The fourth-order valence-electron chi connectivity index (χ4n) is 1.28. The molecule has 0 saturated heterocycles. The smallest absolute Gasteiger partial charge is 0.0627 e. The lowest BCUT2D eigenvalue weighted by atomic mass is 9.98. The molecule has 0 radical (unpaired) electrons. The molecule has 70 valence electrons. The molecule has 0 aliphatic heterocycles. The standard InChI is InChI=1S/C11H12Cl2/c1-3-5-8(2)9-6-4-7-10(12)11(9)13/h3-4,6-8H,1,5H2,2H3. The van der Waals surface area contributed by atoms with E-state index < -0.39 is 0 Å². The molecule has 2 heteroatoms. The van der Waals surface area contributed by atoms with Gasteiger partial charge >= 0.3 is 0 Å². The first kappa shape index (κ1) is 10.6. The molecule has 0 N–H and O–H groups in total. The Balaban J connectivity index is 3.00. The van der Waals surface area contributed by atoms with Gasteiger partial charge in [0.05, 0.1) is 10.0 Å². The van der Waals surface area contributed by atoms with Gasteiger partial charge in [0, 0.05) is 0 Å². The van der Waals surface area contributed by atoms with Gasteiger partial charge in [-0.1, -0.05) is 48.3 Å². The molecule has 0 bridgehead atoms. The Morgan fingerprint density at radius 3 is 2.77 bits per heavy atom. The second kappa shape index (κ2) is 4.69. The fraction of sp³-hybridized carbons (Fsp3) is 0.273. The van der Waals surface area contributed by atoms with Crippen molar-refractivity contribution in [1.82, 2.24) is 0 Å². The summed E-state index contributed by atoms with van der Waals surface area (Å²) in [6, 6.07) is 5.72. The molecule has 1 aromatic rings. The van der Waals surface area contributed by atoms with E-state index in [9.17, 15) is 0 Å². The largest absolute Gasteiger partial charge is 0.103 e. The number of rotatable bonds is 3. The van der Waals surface area contributed by atoms with E-state index in [0.29, 0.717) is 16.0 Å². The highest BCUT2D eigenvalue weighted by atomic mass is 35.5. The molecule has 0 saturated carbocycles. The van der Waals surface area contributed by atoms with Crippen LogP contribution in [0.1, 0.15) is 24.8 Å². The van der Waals surface area contributed by atoms with Crippen molar-refractivity contribution in [3.63, 3.8) is 0 Å². The van der Waals surface area contributed by atoms with Crippen LogP contribution in [0.25, 0.3) is 0 Å². The van der Waals surface area contributed by atoms with Gasteiger partial charge in [0.25, 0.3) is 0 Å². The molecule has 0 amide bonds. The lowest BCUT2D eigenvalue weighted by molar-refractivity contribution is 0.782. The van der Waals surface area contributed by atoms with Crippen LogP contribution in [0.15, 0.2) is 30.9 Å². The molecule has 1 unspecified atom stereocenters. The summed E-state index contributed by atoms with van der Waals surface area (Å²) < 4.78 is 0. The molecule has 1 rings (SSSR count). The Hall–Kier alpha value is -0.460. The van der Waals surface area contributed by atoms with Gasteiger partial charge in [0.1, 0.15) is 0 Å². The molecule has 0 heterocycles. The van der Waals surface area contributed by atoms with Gasteiger partial charge < -0.3 is 0 Å². The van der Waals surface area contributed by atoms with Crippen LogP contribution in [-0.2, 0) is 0 Å². The summed E-state index contributed by atoms with van der Waals surface area (Å²) >= 11 is 12.0. The van der Waals surface area contributed by atoms with Gasteiger partial charge in [-0.05, 0) is 24.0 Å². The Morgan fingerprint density at radius 2 is 2.15 bits per heavy atom. The van der Waals surface area contributed by atoms with Gasteiger partial charge in [0.15, 0.2) is 0 Å². The van der Waals surface area contributed by atoms with E-state index in [0.717, 1.165) is 12.0 Å². The Morgan fingerprint density at radius 1 is 1.46 bits per heavy atom. The number of allylic oxidation sites excluding steroid dienone is 1. The van der Waals surface area contributed by atoms with Crippen LogP contribution in [0.2, 0.25) is 10.0 Å². The van der Waals surface area contributed by atoms with Gasteiger partial charge in [-0.3, -0.25) is 0 Å². The number of benzene rings is 1. The quantitative estimate of drug-likeness (QED) is 0.642. The number of halogens is 2. The molecule has 0 spiro atoms. The summed E-state index contributed by atoms with van der Waals surface area (Å²) in [6.07, 6.45) is 2.81. The van der Waals surface area contributed by atoms with Crippen molar-refractivity contribution in [3.8, 4) is 0 Å². The van der Waals surface area contributed by atoms with Crippen LogP contribution in [0, 0.1) is 0 Å². The maximum atomic E-state index is 6.06. The van der Waals surface area contributed by atoms with E-state index in [1.165, 1.54) is 0 Å². The molecule has 13 heavy (non-hydrogen) atoms. The van der Waals surface area contributed by atoms with Crippen LogP contribution in [-0.4, -0.2) is 0 Å². The predicted octanol–water partition coefficient (Wildman–Crippen LogP) is 4.67. The zero-order valence-corrected chi connectivity index (χ0v) is 9.07. The van der Waals surface area contributed by atoms with Crippen LogP contribution >= 0.6 is 23.2 Å². The zero-order valence-electron chi connectivity index (χ0n) is 7.56. The first-order valence-electron chi connectivity index (χ1n) is 4.21. The molecule has 1 aromatic carbocycles. The monoisotopic (exact) mass is 214 g/mol. The van der Waals surface area contributed by atoms with Gasteiger partial charge in [-0.15, -0.1) is 6.58 Å². The van der Waals surface area contributed by atoms with E-state index in [4.69, 9.17) is 23.2 Å². The van der Waals surface area contributed by atoms with Crippen molar-refractivity contribution in [3.05, 3.63) is 46.5 Å². The Bertz CT molecular complexity index is 305. The molecule has 0 nitrogen and oxygen atoms in total. The van der Waals surface area contributed by atoms with E-state index >= 15 is 0 Å². The van der Waals surface area contributed by atoms with Crippen molar-refractivity contribution >= 4 is 23.2 Å². The third-order valence-corrected chi connectivity index (χ3v) is 2.87. The van der Waals surface area contributed by atoms with Gasteiger partial charge in [-0.2, -0.15) is 0 Å². The summed E-state index contributed by atoms with van der Waals surface area (Å²) in [5.41, 5.74) is 1.09. The zero-order chi connectivity index (χ0) is 9.84. The molecule has 0 aromatic heterocycles.